The fourth-order valence-corrected chi connectivity index (χ4v) is 2.40. The SMILES string of the molecule is Cc1ccc(NC(=S)NCc2ccc(C[NH+](C)C)cc2)cc1F. The summed E-state index contributed by atoms with van der Waals surface area (Å²) in [6.45, 7) is 3.37. The van der Waals surface area contributed by atoms with Gasteiger partial charge in [0, 0.05) is 17.8 Å². The van der Waals surface area contributed by atoms with Crippen LogP contribution in [-0.4, -0.2) is 19.2 Å². The minimum atomic E-state index is -0.239. The molecule has 2 aromatic carbocycles. The summed E-state index contributed by atoms with van der Waals surface area (Å²) in [4.78, 5) is 1.39. The molecule has 0 amide bonds. The Hall–Kier alpha value is -1.98. The van der Waals surface area contributed by atoms with Crippen molar-refractivity contribution in [1.29, 1.82) is 0 Å². The second-order valence-electron chi connectivity index (χ2n) is 5.97. The molecule has 0 bridgehead atoms. The third kappa shape index (κ3) is 5.62. The molecule has 0 atom stereocenters. The van der Waals surface area contributed by atoms with Crippen molar-refractivity contribution < 1.29 is 9.29 Å². The van der Waals surface area contributed by atoms with Crippen LogP contribution in [0.3, 0.4) is 0 Å². The van der Waals surface area contributed by atoms with Gasteiger partial charge < -0.3 is 15.5 Å². The molecule has 0 aliphatic carbocycles. The number of thiocarbonyl (C=S) groups is 1. The van der Waals surface area contributed by atoms with Crippen molar-refractivity contribution in [3.05, 3.63) is 65.0 Å². The molecule has 5 heteroatoms. The highest BCUT2D eigenvalue weighted by atomic mass is 32.1. The van der Waals surface area contributed by atoms with Gasteiger partial charge >= 0.3 is 0 Å². The van der Waals surface area contributed by atoms with Crippen LogP contribution in [0.5, 0.6) is 0 Å². The summed E-state index contributed by atoms with van der Waals surface area (Å²) in [5.41, 5.74) is 3.73. The van der Waals surface area contributed by atoms with Crippen molar-refractivity contribution in [2.45, 2.75) is 20.0 Å². The molecule has 3 nitrogen and oxygen atoms in total. The number of benzene rings is 2. The summed E-state index contributed by atoms with van der Waals surface area (Å²) < 4.78 is 13.5. The molecular formula is C18H23FN3S+. The van der Waals surface area contributed by atoms with Gasteiger partial charge in [0.1, 0.15) is 12.4 Å². The van der Waals surface area contributed by atoms with Crippen molar-refractivity contribution in [3.63, 3.8) is 0 Å². The van der Waals surface area contributed by atoms with E-state index in [1.54, 1.807) is 13.0 Å². The normalized spacial score (nSPS) is 10.7. The van der Waals surface area contributed by atoms with Gasteiger partial charge in [0.2, 0.25) is 0 Å². The molecule has 0 radical (unpaired) electrons. The summed E-state index contributed by atoms with van der Waals surface area (Å²) >= 11 is 5.25. The van der Waals surface area contributed by atoms with Crippen molar-refractivity contribution in [2.75, 3.05) is 19.4 Å². The number of hydrogen-bond donors (Lipinski definition) is 3. The number of aryl methyl sites for hydroxylation is 1. The third-order valence-corrected chi connectivity index (χ3v) is 3.71. The Bertz CT molecular complexity index is 668. The molecule has 0 fully saturated rings. The maximum absolute atomic E-state index is 13.5. The molecular weight excluding hydrogens is 309 g/mol. The maximum Gasteiger partial charge on any atom is 0.171 e. The van der Waals surface area contributed by atoms with Crippen molar-refractivity contribution in [2.24, 2.45) is 0 Å². The minimum Gasteiger partial charge on any atom is -0.358 e. The van der Waals surface area contributed by atoms with Crippen LogP contribution < -0.4 is 15.5 Å². The Balaban J connectivity index is 1.85. The predicted molar refractivity (Wildman–Crippen MR) is 97.2 cm³/mol. The van der Waals surface area contributed by atoms with E-state index >= 15 is 0 Å². The number of anilines is 1. The highest BCUT2D eigenvalue weighted by Crippen LogP contribution is 2.13. The van der Waals surface area contributed by atoms with E-state index in [0.29, 0.717) is 22.9 Å². The largest absolute Gasteiger partial charge is 0.358 e. The maximum atomic E-state index is 13.5. The average Bonchev–Trinajstić information content (AvgIpc) is 2.50. The first-order chi connectivity index (χ1) is 10.9. The fraction of sp³-hybridized carbons (Fsp3) is 0.278. The summed E-state index contributed by atoms with van der Waals surface area (Å²) in [6.07, 6.45) is 0. The van der Waals surface area contributed by atoms with Gasteiger partial charge in [-0.05, 0) is 42.4 Å². The van der Waals surface area contributed by atoms with Crippen LogP contribution in [0.2, 0.25) is 0 Å². The van der Waals surface area contributed by atoms with Crippen molar-refractivity contribution >= 4 is 23.0 Å². The van der Waals surface area contributed by atoms with Gasteiger partial charge in [0.25, 0.3) is 0 Å². The van der Waals surface area contributed by atoms with E-state index in [4.69, 9.17) is 12.2 Å². The quantitative estimate of drug-likeness (QED) is 0.734. The third-order valence-electron chi connectivity index (χ3n) is 3.46. The molecule has 0 aliphatic heterocycles. The molecule has 122 valence electrons. The van der Waals surface area contributed by atoms with E-state index < -0.39 is 0 Å². The van der Waals surface area contributed by atoms with Crippen LogP contribution in [0.25, 0.3) is 0 Å². The molecule has 0 spiro atoms. The number of hydrogen-bond acceptors (Lipinski definition) is 1. The lowest BCUT2D eigenvalue weighted by Crippen LogP contribution is -3.04. The molecule has 2 aromatic rings. The lowest BCUT2D eigenvalue weighted by atomic mass is 10.1. The van der Waals surface area contributed by atoms with Crippen LogP contribution in [0.15, 0.2) is 42.5 Å². The number of rotatable bonds is 5. The van der Waals surface area contributed by atoms with E-state index in [1.807, 2.05) is 6.07 Å². The second kappa shape index (κ2) is 8.04. The highest BCUT2D eigenvalue weighted by molar-refractivity contribution is 7.80. The molecule has 2 rings (SSSR count). The lowest BCUT2D eigenvalue weighted by molar-refractivity contribution is -0.872. The molecule has 0 aromatic heterocycles. The van der Waals surface area contributed by atoms with Crippen LogP contribution in [0.4, 0.5) is 10.1 Å². The topological polar surface area (TPSA) is 28.5 Å². The predicted octanol–water partition coefficient (Wildman–Crippen LogP) is 2.27. The van der Waals surface area contributed by atoms with Gasteiger partial charge in [-0.15, -0.1) is 0 Å². The summed E-state index contributed by atoms with van der Waals surface area (Å²) in [6, 6.07) is 13.4. The van der Waals surface area contributed by atoms with Crippen molar-refractivity contribution in [1.82, 2.24) is 5.32 Å². The van der Waals surface area contributed by atoms with Gasteiger partial charge in [-0.25, -0.2) is 4.39 Å². The van der Waals surface area contributed by atoms with Crippen LogP contribution in [-0.2, 0) is 13.1 Å². The molecule has 0 saturated carbocycles. The molecule has 0 saturated heterocycles. The van der Waals surface area contributed by atoms with Crippen LogP contribution in [0, 0.1) is 12.7 Å². The number of halogens is 1. The van der Waals surface area contributed by atoms with Crippen LogP contribution >= 0.6 is 12.2 Å². The van der Waals surface area contributed by atoms with E-state index in [2.05, 4.69) is 49.0 Å². The van der Waals surface area contributed by atoms with E-state index in [0.717, 1.165) is 12.1 Å². The van der Waals surface area contributed by atoms with E-state index in [1.165, 1.54) is 16.5 Å². The van der Waals surface area contributed by atoms with Crippen molar-refractivity contribution in [3.8, 4) is 0 Å². The molecule has 0 aliphatic rings. The minimum absolute atomic E-state index is 0.239. The monoisotopic (exact) mass is 332 g/mol. The number of nitrogens with one attached hydrogen (secondary N) is 3. The number of quaternary nitrogens is 1. The Labute approximate surface area is 142 Å². The summed E-state index contributed by atoms with van der Waals surface area (Å²) in [5.74, 6) is -0.239. The van der Waals surface area contributed by atoms with Gasteiger partial charge in [0.15, 0.2) is 5.11 Å². The first-order valence-corrected chi connectivity index (χ1v) is 8.02. The molecule has 0 heterocycles. The second-order valence-corrected chi connectivity index (χ2v) is 6.38. The Morgan fingerprint density at radius 1 is 1.09 bits per heavy atom. The lowest BCUT2D eigenvalue weighted by Gasteiger charge is -2.12. The van der Waals surface area contributed by atoms with E-state index in [9.17, 15) is 4.39 Å². The Morgan fingerprint density at radius 2 is 1.74 bits per heavy atom. The van der Waals surface area contributed by atoms with Gasteiger partial charge in [0.05, 0.1) is 14.1 Å². The Kier molecular flexibility index (Phi) is 6.07. The molecule has 23 heavy (non-hydrogen) atoms. The van der Waals surface area contributed by atoms with Gasteiger partial charge in [-0.1, -0.05) is 30.3 Å². The van der Waals surface area contributed by atoms with Crippen LogP contribution in [0.1, 0.15) is 16.7 Å². The van der Waals surface area contributed by atoms with E-state index in [-0.39, 0.29) is 5.82 Å². The fourth-order valence-electron chi connectivity index (χ4n) is 2.21. The molecule has 3 N–H and O–H groups in total. The summed E-state index contributed by atoms with van der Waals surface area (Å²) in [5, 5.41) is 6.61. The summed E-state index contributed by atoms with van der Waals surface area (Å²) in [7, 11) is 4.26. The first kappa shape index (κ1) is 17.4. The average molecular weight is 332 g/mol. The van der Waals surface area contributed by atoms with Gasteiger partial charge in [-0.2, -0.15) is 0 Å². The Morgan fingerprint density at radius 3 is 2.35 bits per heavy atom. The highest BCUT2D eigenvalue weighted by Gasteiger charge is 2.03. The first-order valence-electron chi connectivity index (χ1n) is 7.62. The molecule has 0 unspecified atom stereocenters. The zero-order valence-electron chi connectivity index (χ0n) is 13.7. The zero-order valence-corrected chi connectivity index (χ0v) is 14.6. The standard InChI is InChI=1S/C18H22FN3S/c1-13-4-9-16(10-17(13)19)21-18(23)20-11-14-5-7-15(8-6-14)12-22(2)3/h4-10H,11-12H2,1-3H3,(H2,20,21,23)/p+1. The van der Waals surface area contributed by atoms with Gasteiger partial charge in [-0.3, -0.25) is 0 Å². The smallest absolute Gasteiger partial charge is 0.171 e. The zero-order chi connectivity index (χ0) is 16.8.